The maximum absolute atomic E-state index is 11.2. The van der Waals surface area contributed by atoms with Gasteiger partial charge in [-0.3, -0.25) is 4.79 Å². The molecule has 1 aromatic carbocycles. The van der Waals surface area contributed by atoms with Crippen LogP contribution in [0.25, 0.3) is 0 Å². The fourth-order valence-corrected chi connectivity index (χ4v) is 1.48. The molecule has 0 unspecified atom stereocenters. The summed E-state index contributed by atoms with van der Waals surface area (Å²) in [5, 5.41) is 8.90. The van der Waals surface area contributed by atoms with Crippen molar-refractivity contribution in [2.75, 3.05) is 13.2 Å². The lowest BCUT2D eigenvalue weighted by Crippen LogP contribution is -2.05. The van der Waals surface area contributed by atoms with E-state index in [-0.39, 0.29) is 19.2 Å². The summed E-state index contributed by atoms with van der Waals surface area (Å²) in [6, 6.07) is 7.29. The van der Waals surface area contributed by atoms with Crippen LogP contribution in [0.3, 0.4) is 0 Å². The summed E-state index contributed by atoms with van der Waals surface area (Å²) in [5.74, 6) is 0.568. The van der Waals surface area contributed by atoms with Crippen LogP contribution in [0.1, 0.15) is 24.8 Å². The zero-order valence-electron chi connectivity index (χ0n) is 11.0. The Morgan fingerprint density at radius 1 is 1.26 bits per heavy atom. The van der Waals surface area contributed by atoms with Crippen molar-refractivity contribution in [1.82, 2.24) is 0 Å². The van der Waals surface area contributed by atoms with Crippen LogP contribution < -0.4 is 4.74 Å². The first-order valence-electron chi connectivity index (χ1n) is 6.35. The van der Waals surface area contributed by atoms with Crippen LogP contribution in [0.2, 0.25) is 0 Å². The first-order valence-corrected chi connectivity index (χ1v) is 6.35. The van der Waals surface area contributed by atoms with Crippen molar-refractivity contribution in [3.8, 4) is 5.75 Å². The number of aliphatic hydroxyl groups excluding tert-OH is 1. The number of esters is 1. The largest absolute Gasteiger partial charge is 0.494 e. The average Bonchev–Trinajstić information content (AvgIpc) is 2.45. The Labute approximate surface area is 113 Å². The highest BCUT2D eigenvalue weighted by molar-refractivity contribution is 5.69. The summed E-state index contributed by atoms with van der Waals surface area (Å²) in [6.45, 7) is 4.34. The lowest BCUT2D eigenvalue weighted by molar-refractivity contribution is -0.142. The van der Waals surface area contributed by atoms with Crippen LogP contribution in [-0.4, -0.2) is 24.3 Å². The molecular formula is C15H20O4. The van der Waals surface area contributed by atoms with Gasteiger partial charge < -0.3 is 14.6 Å². The first-order chi connectivity index (χ1) is 9.26. The first kappa shape index (κ1) is 15.2. The molecule has 1 rings (SSSR count). The van der Waals surface area contributed by atoms with Gasteiger partial charge in [0.1, 0.15) is 12.4 Å². The molecule has 0 atom stereocenters. The highest BCUT2D eigenvalue weighted by Gasteiger charge is 2.01. The third-order valence-electron chi connectivity index (χ3n) is 2.51. The van der Waals surface area contributed by atoms with Gasteiger partial charge in [0.25, 0.3) is 0 Å². The molecule has 4 nitrogen and oxygen atoms in total. The van der Waals surface area contributed by atoms with Gasteiger partial charge >= 0.3 is 5.97 Å². The lowest BCUT2D eigenvalue weighted by atomic mass is 10.2. The topological polar surface area (TPSA) is 55.8 Å². The molecule has 1 aromatic rings. The second kappa shape index (κ2) is 9.16. The van der Waals surface area contributed by atoms with Crippen LogP contribution in [0.15, 0.2) is 36.9 Å². The molecule has 0 saturated carbocycles. The van der Waals surface area contributed by atoms with E-state index in [1.165, 1.54) is 0 Å². The van der Waals surface area contributed by atoms with E-state index in [1.54, 1.807) is 6.08 Å². The molecular weight excluding hydrogens is 244 g/mol. The van der Waals surface area contributed by atoms with E-state index >= 15 is 0 Å². The molecule has 0 radical (unpaired) electrons. The fourth-order valence-electron chi connectivity index (χ4n) is 1.48. The smallest absolute Gasteiger partial charge is 0.306 e. The predicted molar refractivity (Wildman–Crippen MR) is 72.9 cm³/mol. The molecule has 0 aliphatic carbocycles. The van der Waals surface area contributed by atoms with Gasteiger partial charge in [-0.15, -0.1) is 0 Å². The number of benzene rings is 1. The zero-order chi connectivity index (χ0) is 13.9. The van der Waals surface area contributed by atoms with Gasteiger partial charge in [0.05, 0.1) is 13.2 Å². The summed E-state index contributed by atoms with van der Waals surface area (Å²) >= 11 is 0. The molecule has 0 saturated heterocycles. The number of carbonyl (C=O) groups is 1. The Morgan fingerprint density at radius 3 is 2.63 bits per heavy atom. The van der Waals surface area contributed by atoms with Gasteiger partial charge in [-0.25, -0.2) is 0 Å². The molecule has 0 heterocycles. The third kappa shape index (κ3) is 6.62. The molecule has 0 spiro atoms. The van der Waals surface area contributed by atoms with Gasteiger partial charge in [-0.2, -0.15) is 0 Å². The molecule has 0 fully saturated rings. The standard InChI is InChI=1S/C15H20O4/c1-2-10-19-15(17)5-3-4-11-18-14-8-6-13(12-16)7-9-14/h2,6-9,16H,1,3-5,10-12H2. The second-order valence-electron chi connectivity index (χ2n) is 4.08. The average molecular weight is 264 g/mol. The van der Waals surface area contributed by atoms with Crippen molar-refractivity contribution in [3.63, 3.8) is 0 Å². The van der Waals surface area contributed by atoms with Crippen LogP contribution in [-0.2, 0) is 16.1 Å². The van der Waals surface area contributed by atoms with E-state index in [9.17, 15) is 4.79 Å². The van der Waals surface area contributed by atoms with Crippen molar-refractivity contribution in [1.29, 1.82) is 0 Å². The summed E-state index contributed by atoms with van der Waals surface area (Å²) in [4.78, 5) is 11.2. The Morgan fingerprint density at radius 2 is 2.00 bits per heavy atom. The van der Waals surface area contributed by atoms with Gasteiger partial charge in [-0.1, -0.05) is 24.8 Å². The van der Waals surface area contributed by atoms with Crippen molar-refractivity contribution >= 4 is 5.97 Å². The van der Waals surface area contributed by atoms with E-state index < -0.39 is 0 Å². The molecule has 19 heavy (non-hydrogen) atoms. The molecule has 0 aliphatic rings. The number of rotatable bonds is 9. The van der Waals surface area contributed by atoms with E-state index in [4.69, 9.17) is 14.6 Å². The minimum atomic E-state index is -0.202. The zero-order valence-corrected chi connectivity index (χ0v) is 11.0. The highest BCUT2D eigenvalue weighted by Crippen LogP contribution is 2.12. The molecule has 104 valence electrons. The lowest BCUT2D eigenvalue weighted by Gasteiger charge is -2.06. The maximum atomic E-state index is 11.2. The Hall–Kier alpha value is -1.81. The minimum Gasteiger partial charge on any atom is -0.494 e. The Kier molecular flexibility index (Phi) is 7.35. The number of aliphatic hydroxyl groups is 1. The SMILES string of the molecule is C=CCOC(=O)CCCCOc1ccc(CO)cc1. The van der Waals surface area contributed by atoms with E-state index in [0.29, 0.717) is 13.0 Å². The molecule has 4 heteroatoms. The third-order valence-corrected chi connectivity index (χ3v) is 2.51. The number of hydrogen-bond donors (Lipinski definition) is 1. The van der Waals surface area contributed by atoms with E-state index in [2.05, 4.69) is 6.58 Å². The Balaban J connectivity index is 2.09. The van der Waals surface area contributed by atoms with Gasteiger partial charge in [-0.05, 0) is 30.5 Å². The molecule has 0 aromatic heterocycles. The Bertz CT molecular complexity index is 384. The highest BCUT2D eigenvalue weighted by atomic mass is 16.5. The van der Waals surface area contributed by atoms with E-state index in [0.717, 1.165) is 24.2 Å². The molecule has 1 N–H and O–H groups in total. The van der Waals surface area contributed by atoms with Crippen molar-refractivity contribution in [3.05, 3.63) is 42.5 Å². The summed E-state index contributed by atoms with van der Waals surface area (Å²) in [7, 11) is 0. The van der Waals surface area contributed by atoms with Crippen molar-refractivity contribution < 1.29 is 19.4 Å². The van der Waals surface area contributed by atoms with Gasteiger partial charge in [0.15, 0.2) is 0 Å². The predicted octanol–water partition coefficient (Wildman–Crippen LogP) is 2.46. The normalized spacial score (nSPS) is 9.95. The van der Waals surface area contributed by atoms with Crippen LogP contribution in [0.5, 0.6) is 5.75 Å². The number of carbonyl (C=O) groups excluding carboxylic acids is 1. The molecule has 0 aliphatic heterocycles. The molecule has 0 amide bonds. The van der Waals surface area contributed by atoms with Crippen molar-refractivity contribution in [2.45, 2.75) is 25.9 Å². The molecule has 0 bridgehead atoms. The number of ether oxygens (including phenoxy) is 2. The van der Waals surface area contributed by atoms with Gasteiger partial charge in [0.2, 0.25) is 0 Å². The van der Waals surface area contributed by atoms with Crippen LogP contribution >= 0.6 is 0 Å². The monoisotopic (exact) mass is 264 g/mol. The maximum Gasteiger partial charge on any atom is 0.306 e. The van der Waals surface area contributed by atoms with Crippen LogP contribution in [0, 0.1) is 0 Å². The van der Waals surface area contributed by atoms with E-state index in [1.807, 2.05) is 24.3 Å². The number of unbranched alkanes of at least 4 members (excludes halogenated alkanes) is 1. The van der Waals surface area contributed by atoms with Crippen molar-refractivity contribution in [2.24, 2.45) is 0 Å². The minimum absolute atomic E-state index is 0.0348. The number of hydrogen-bond acceptors (Lipinski definition) is 4. The fraction of sp³-hybridized carbons (Fsp3) is 0.400. The van der Waals surface area contributed by atoms with Crippen LogP contribution in [0.4, 0.5) is 0 Å². The summed E-state index contributed by atoms with van der Waals surface area (Å²) in [6.07, 6.45) is 3.49. The summed E-state index contributed by atoms with van der Waals surface area (Å²) in [5.41, 5.74) is 0.859. The second-order valence-corrected chi connectivity index (χ2v) is 4.08. The van der Waals surface area contributed by atoms with Gasteiger partial charge in [0, 0.05) is 6.42 Å². The quantitative estimate of drug-likeness (QED) is 0.423. The summed E-state index contributed by atoms with van der Waals surface area (Å²) < 4.78 is 10.4.